The summed E-state index contributed by atoms with van der Waals surface area (Å²) < 4.78 is 57.4. The van der Waals surface area contributed by atoms with Gasteiger partial charge in [0.15, 0.2) is 5.82 Å². The van der Waals surface area contributed by atoms with Crippen molar-refractivity contribution in [3.8, 4) is 11.1 Å². The van der Waals surface area contributed by atoms with E-state index in [9.17, 15) is 22.4 Å². The van der Waals surface area contributed by atoms with Gasteiger partial charge in [-0.2, -0.15) is 13.2 Å². The minimum Gasteiger partial charge on any atom is -0.322 e. The number of rotatable bonds is 7. The lowest BCUT2D eigenvalue weighted by atomic mass is 9.90. The van der Waals surface area contributed by atoms with Gasteiger partial charge < -0.3 is 10.6 Å². The summed E-state index contributed by atoms with van der Waals surface area (Å²) >= 11 is 0. The molecule has 3 N–H and O–H groups in total. The number of carbonyl (C=O) groups is 1. The third-order valence-corrected chi connectivity index (χ3v) is 6.17. The first kappa shape index (κ1) is 23.7. The van der Waals surface area contributed by atoms with Crippen LogP contribution in [0.4, 0.5) is 29.3 Å². The molecule has 2 aromatic heterocycles. The standard InChI is InChI=1S/C22H20F4N8O2/c1-34-12-17(32-33-34)30-19-27-10-15(11-28-19)13-2-3-14(16(23)8-13)9-18(35)31-21(6-7-29-36-21)20(4-5-20)22(24,25)26/h2-3,6-8,10-12,29H,4-5,9H2,1H3,(H,31,35)(H,27,28,30). The van der Waals surface area contributed by atoms with Crippen molar-refractivity contribution in [1.82, 2.24) is 35.8 Å². The number of anilines is 2. The number of hydroxylamine groups is 1. The van der Waals surface area contributed by atoms with E-state index in [1.165, 1.54) is 35.4 Å². The van der Waals surface area contributed by atoms with Gasteiger partial charge in [0.25, 0.3) is 0 Å². The molecule has 5 rings (SSSR count). The van der Waals surface area contributed by atoms with Gasteiger partial charge in [-0.1, -0.05) is 17.3 Å². The number of alkyl halides is 3. The average molecular weight is 504 g/mol. The highest BCUT2D eigenvalue weighted by molar-refractivity contribution is 5.80. The summed E-state index contributed by atoms with van der Waals surface area (Å²) in [5.41, 5.74) is -1.06. The van der Waals surface area contributed by atoms with E-state index in [1.807, 2.05) is 0 Å². The summed E-state index contributed by atoms with van der Waals surface area (Å²) in [4.78, 5) is 26.1. The number of aromatic nitrogens is 5. The van der Waals surface area contributed by atoms with E-state index in [0.29, 0.717) is 16.9 Å². The minimum absolute atomic E-state index is 0.0139. The van der Waals surface area contributed by atoms with Crippen LogP contribution in [0, 0.1) is 11.2 Å². The molecule has 1 amide bonds. The first-order valence-electron chi connectivity index (χ1n) is 10.8. The van der Waals surface area contributed by atoms with Crippen molar-refractivity contribution in [3.05, 3.63) is 60.4 Å². The molecule has 1 fully saturated rings. The maximum absolute atomic E-state index is 14.8. The molecule has 1 aromatic carbocycles. The molecule has 14 heteroatoms. The Balaban J connectivity index is 1.27. The summed E-state index contributed by atoms with van der Waals surface area (Å²) in [7, 11) is 1.71. The molecule has 0 spiro atoms. The number of carbonyl (C=O) groups excluding carboxylic acids is 1. The predicted molar refractivity (Wildman–Crippen MR) is 117 cm³/mol. The van der Waals surface area contributed by atoms with Crippen molar-refractivity contribution < 1.29 is 27.2 Å². The zero-order chi connectivity index (χ0) is 25.6. The molecule has 1 unspecified atom stereocenters. The van der Waals surface area contributed by atoms with Crippen LogP contribution in [0.3, 0.4) is 0 Å². The Bertz CT molecular complexity index is 1320. The Morgan fingerprint density at radius 1 is 1.22 bits per heavy atom. The smallest absolute Gasteiger partial charge is 0.322 e. The largest absolute Gasteiger partial charge is 0.399 e. The number of hydrogen-bond donors (Lipinski definition) is 3. The summed E-state index contributed by atoms with van der Waals surface area (Å²) in [5.74, 6) is -0.783. The average Bonchev–Trinajstić information content (AvgIpc) is 3.39. The van der Waals surface area contributed by atoms with Crippen molar-refractivity contribution in [3.63, 3.8) is 0 Å². The van der Waals surface area contributed by atoms with E-state index in [-0.39, 0.29) is 24.4 Å². The predicted octanol–water partition coefficient (Wildman–Crippen LogP) is 2.90. The first-order valence-corrected chi connectivity index (χ1v) is 10.8. The van der Waals surface area contributed by atoms with E-state index in [1.54, 1.807) is 19.3 Å². The number of benzene rings is 1. The Hall–Kier alpha value is -4.07. The second kappa shape index (κ2) is 8.55. The van der Waals surface area contributed by atoms with Gasteiger partial charge in [-0.25, -0.2) is 19.2 Å². The van der Waals surface area contributed by atoms with Crippen LogP contribution in [-0.2, 0) is 23.1 Å². The van der Waals surface area contributed by atoms with Gasteiger partial charge in [0.2, 0.25) is 17.6 Å². The lowest BCUT2D eigenvalue weighted by Gasteiger charge is -2.36. The van der Waals surface area contributed by atoms with Crippen molar-refractivity contribution in [2.75, 3.05) is 5.32 Å². The molecular formula is C22H20F4N8O2. The van der Waals surface area contributed by atoms with Crippen LogP contribution in [-0.4, -0.2) is 42.8 Å². The summed E-state index contributed by atoms with van der Waals surface area (Å²) in [5, 5.41) is 12.9. The van der Waals surface area contributed by atoms with Gasteiger partial charge in [-0.05, 0) is 36.1 Å². The number of amides is 1. The molecule has 0 saturated heterocycles. The van der Waals surface area contributed by atoms with Gasteiger partial charge in [0, 0.05) is 31.2 Å². The second-order valence-electron chi connectivity index (χ2n) is 8.60. The van der Waals surface area contributed by atoms with Crippen LogP contribution in [0.2, 0.25) is 0 Å². The number of aryl methyl sites for hydroxylation is 1. The van der Waals surface area contributed by atoms with E-state index >= 15 is 0 Å². The Morgan fingerprint density at radius 2 is 1.97 bits per heavy atom. The Morgan fingerprint density at radius 3 is 2.53 bits per heavy atom. The summed E-state index contributed by atoms with van der Waals surface area (Å²) in [6, 6.07) is 4.17. The normalized spacial score (nSPS) is 20.1. The maximum atomic E-state index is 14.8. The number of hydrogen-bond acceptors (Lipinski definition) is 8. The lowest BCUT2D eigenvalue weighted by Crippen LogP contribution is -2.60. The molecule has 2 aliphatic rings. The highest BCUT2D eigenvalue weighted by Gasteiger charge is 2.75. The SMILES string of the molecule is Cn1cc(Nc2ncc(-c3ccc(CC(=O)NC4(C5(C(F)(F)F)CC5)C=CNO4)c(F)c3)cn2)nn1. The van der Waals surface area contributed by atoms with Crippen LogP contribution in [0.15, 0.2) is 49.1 Å². The molecule has 0 radical (unpaired) electrons. The zero-order valence-electron chi connectivity index (χ0n) is 18.8. The van der Waals surface area contributed by atoms with Crippen molar-refractivity contribution in [2.24, 2.45) is 12.5 Å². The van der Waals surface area contributed by atoms with E-state index in [4.69, 9.17) is 4.84 Å². The molecule has 1 aliphatic heterocycles. The second-order valence-corrected chi connectivity index (χ2v) is 8.60. The van der Waals surface area contributed by atoms with Gasteiger partial charge in [0.1, 0.15) is 11.2 Å². The molecule has 0 bridgehead atoms. The Kier molecular flexibility index (Phi) is 5.62. The van der Waals surface area contributed by atoms with Crippen molar-refractivity contribution in [1.29, 1.82) is 0 Å². The molecule has 3 heterocycles. The number of nitrogens with one attached hydrogen (secondary N) is 3. The fourth-order valence-electron chi connectivity index (χ4n) is 4.10. The van der Waals surface area contributed by atoms with E-state index < -0.39 is 35.5 Å². The van der Waals surface area contributed by atoms with Crippen LogP contribution in [0.25, 0.3) is 11.1 Å². The third kappa shape index (κ3) is 4.23. The lowest BCUT2D eigenvalue weighted by molar-refractivity contribution is -0.252. The molecule has 10 nitrogen and oxygen atoms in total. The topological polar surface area (TPSA) is 119 Å². The molecule has 1 saturated carbocycles. The first-order chi connectivity index (χ1) is 17.1. The molecule has 1 atom stereocenters. The van der Waals surface area contributed by atoms with Crippen LogP contribution < -0.4 is 16.1 Å². The van der Waals surface area contributed by atoms with E-state index in [0.717, 1.165) is 6.08 Å². The van der Waals surface area contributed by atoms with Crippen molar-refractivity contribution in [2.45, 2.75) is 31.2 Å². The third-order valence-electron chi connectivity index (χ3n) is 6.17. The zero-order valence-corrected chi connectivity index (χ0v) is 18.8. The highest BCUT2D eigenvalue weighted by Crippen LogP contribution is 2.64. The molecule has 36 heavy (non-hydrogen) atoms. The maximum Gasteiger partial charge on any atom is 0.399 e. The molecule has 3 aromatic rings. The summed E-state index contributed by atoms with van der Waals surface area (Å²) in [6.45, 7) is 0. The molecule has 188 valence electrons. The van der Waals surface area contributed by atoms with E-state index in [2.05, 4.69) is 36.4 Å². The van der Waals surface area contributed by atoms with Crippen LogP contribution in [0.5, 0.6) is 0 Å². The van der Waals surface area contributed by atoms with Gasteiger partial charge >= 0.3 is 6.18 Å². The summed E-state index contributed by atoms with van der Waals surface area (Å²) in [6.07, 6.45) is 1.48. The molecular weight excluding hydrogens is 484 g/mol. The van der Waals surface area contributed by atoms with Gasteiger partial charge in [0.05, 0.1) is 12.6 Å². The fourth-order valence-corrected chi connectivity index (χ4v) is 4.10. The van der Waals surface area contributed by atoms with Gasteiger partial charge in [-0.3, -0.25) is 15.0 Å². The Labute approximate surface area is 201 Å². The van der Waals surface area contributed by atoms with Crippen LogP contribution in [0.1, 0.15) is 18.4 Å². The molecule has 1 aliphatic carbocycles. The van der Waals surface area contributed by atoms with Gasteiger partial charge in [-0.15, -0.1) is 5.10 Å². The van der Waals surface area contributed by atoms with Crippen molar-refractivity contribution >= 4 is 17.7 Å². The fraction of sp³-hybridized carbons (Fsp3) is 0.318. The minimum atomic E-state index is -4.59. The quantitative estimate of drug-likeness (QED) is 0.421. The monoisotopic (exact) mass is 504 g/mol. The highest BCUT2D eigenvalue weighted by atomic mass is 19.4. The number of halogens is 4. The number of nitrogens with zero attached hydrogens (tertiary/aromatic N) is 5. The van der Waals surface area contributed by atoms with Crippen LogP contribution >= 0.6 is 0 Å².